The number of amides is 3. The summed E-state index contributed by atoms with van der Waals surface area (Å²) < 4.78 is 6.14. The van der Waals surface area contributed by atoms with E-state index in [0.29, 0.717) is 37.2 Å². The van der Waals surface area contributed by atoms with Crippen LogP contribution in [0.25, 0.3) is 0 Å². The second-order valence-corrected chi connectivity index (χ2v) is 7.32. The van der Waals surface area contributed by atoms with Crippen LogP contribution in [0.3, 0.4) is 0 Å². The number of aryl methyl sites for hydroxylation is 1. The van der Waals surface area contributed by atoms with Crippen LogP contribution in [-0.2, 0) is 9.59 Å². The first-order chi connectivity index (χ1) is 12.9. The van der Waals surface area contributed by atoms with Crippen LogP contribution in [0.5, 0.6) is 5.75 Å². The van der Waals surface area contributed by atoms with Crippen LogP contribution >= 0.6 is 0 Å². The molecule has 0 unspecified atom stereocenters. The summed E-state index contributed by atoms with van der Waals surface area (Å²) in [6.45, 7) is 5.01. The van der Waals surface area contributed by atoms with Gasteiger partial charge in [0, 0.05) is 32.4 Å². The second kappa shape index (κ2) is 7.98. The lowest BCUT2D eigenvalue weighted by molar-refractivity contribution is -0.135. The van der Waals surface area contributed by atoms with Gasteiger partial charge in [0.15, 0.2) is 5.72 Å². The lowest BCUT2D eigenvalue weighted by Gasteiger charge is -2.38. The third kappa shape index (κ3) is 4.40. The molecule has 2 aliphatic rings. The Morgan fingerprint density at radius 1 is 1.33 bits per heavy atom. The third-order valence-corrected chi connectivity index (χ3v) is 5.09. The van der Waals surface area contributed by atoms with Crippen LogP contribution in [0.15, 0.2) is 18.2 Å². The van der Waals surface area contributed by atoms with Crippen molar-refractivity contribution in [3.8, 4) is 5.75 Å². The van der Waals surface area contributed by atoms with Gasteiger partial charge in [-0.05, 0) is 25.5 Å². The summed E-state index contributed by atoms with van der Waals surface area (Å²) in [6.07, 6.45) is 2.98. The Morgan fingerprint density at radius 3 is 2.93 bits per heavy atom. The van der Waals surface area contributed by atoms with E-state index in [1.807, 2.05) is 13.0 Å². The van der Waals surface area contributed by atoms with Gasteiger partial charge in [-0.3, -0.25) is 14.4 Å². The SMILES string of the molecule is CCCCNC(=O)CN1CC[C@@]2(CCC1=O)NC(=O)c1cc(C)ccc1O2. The molecule has 7 heteroatoms. The highest BCUT2D eigenvalue weighted by molar-refractivity contribution is 5.98. The number of hydrogen-bond acceptors (Lipinski definition) is 4. The zero-order valence-electron chi connectivity index (χ0n) is 16.0. The highest BCUT2D eigenvalue weighted by Crippen LogP contribution is 2.34. The highest BCUT2D eigenvalue weighted by atomic mass is 16.5. The minimum absolute atomic E-state index is 0.0440. The zero-order chi connectivity index (χ0) is 19.4. The molecule has 0 radical (unpaired) electrons. The minimum Gasteiger partial charge on any atom is -0.467 e. The summed E-state index contributed by atoms with van der Waals surface area (Å²) in [5, 5.41) is 5.79. The van der Waals surface area contributed by atoms with E-state index in [4.69, 9.17) is 4.74 Å². The Balaban J connectivity index is 1.67. The molecule has 1 saturated heterocycles. The molecule has 1 aromatic carbocycles. The van der Waals surface area contributed by atoms with E-state index in [1.54, 1.807) is 17.0 Å². The molecule has 2 aliphatic heterocycles. The van der Waals surface area contributed by atoms with E-state index in [2.05, 4.69) is 17.6 Å². The van der Waals surface area contributed by atoms with Crippen molar-refractivity contribution in [3.63, 3.8) is 0 Å². The number of carbonyl (C=O) groups is 3. The van der Waals surface area contributed by atoms with Crippen molar-refractivity contribution in [1.82, 2.24) is 15.5 Å². The number of carbonyl (C=O) groups excluding carboxylic acids is 3. The largest absolute Gasteiger partial charge is 0.467 e. The number of rotatable bonds is 5. The normalized spacial score (nSPS) is 21.9. The zero-order valence-corrected chi connectivity index (χ0v) is 16.0. The van der Waals surface area contributed by atoms with Crippen molar-refractivity contribution in [2.75, 3.05) is 19.6 Å². The quantitative estimate of drug-likeness (QED) is 0.770. The molecule has 1 fully saturated rings. The maximum absolute atomic E-state index is 12.6. The maximum Gasteiger partial charge on any atom is 0.258 e. The monoisotopic (exact) mass is 373 g/mol. The molecule has 7 nitrogen and oxygen atoms in total. The van der Waals surface area contributed by atoms with Crippen LogP contribution in [0.1, 0.15) is 54.9 Å². The summed E-state index contributed by atoms with van der Waals surface area (Å²) in [5.41, 5.74) is 0.603. The van der Waals surface area contributed by atoms with Gasteiger partial charge < -0.3 is 20.3 Å². The van der Waals surface area contributed by atoms with Crippen LogP contribution in [0, 0.1) is 6.92 Å². The van der Waals surface area contributed by atoms with E-state index in [0.717, 1.165) is 18.4 Å². The van der Waals surface area contributed by atoms with Gasteiger partial charge in [-0.1, -0.05) is 25.0 Å². The first kappa shape index (κ1) is 19.2. The summed E-state index contributed by atoms with van der Waals surface area (Å²) >= 11 is 0. The molecule has 27 heavy (non-hydrogen) atoms. The molecule has 0 saturated carbocycles. The molecule has 0 bridgehead atoms. The van der Waals surface area contributed by atoms with Gasteiger partial charge in [-0.2, -0.15) is 0 Å². The first-order valence-electron chi connectivity index (χ1n) is 9.59. The van der Waals surface area contributed by atoms with Gasteiger partial charge in [0.25, 0.3) is 5.91 Å². The standard InChI is InChI=1S/C20H27N3O4/c1-3-4-10-21-17(24)13-23-11-9-20(8-7-18(23)25)22-19(26)15-12-14(2)5-6-16(15)27-20/h5-6,12H,3-4,7-11,13H2,1-2H3,(H,21,24)(H,22,26)/t20-/m0/s1. The van der Waals surface area contributed by atoms with Crippen molar-refractivity contribution in [3.05, 3.63) is 29.3 Å². The van der Waals surface area contributed by atoms with Crippen molar-refractivity contribution in [2.45, 2.75) is 51.7 Å². The summed E-state index contributed by atoms with van der Waals surface area (Å²) in [5.74, 6) is 0.118. The van der Waals surface area contributed by atoms with E-state index >= 15 is 0 Å². The topological polar surface area (TPSA) is 87.7 Å². The van der Waals surface area contributed by atoms with Gasteiger partial charge in [-0.25, -0.2) is 0 Å². The number of nitrogens with zero attached hydrogens (tertiary/aromatic N) is 1. The van der Waals surface area contributed by atoms with E-state index in [9.17, 15) is 14.4 Å². The van der Waals surface area contributed by atoms with Crippen molar-refractivity contribution < 1.29 is 19.1 Å². The number of likely N-dealkylation sites (tertiary alicyclic amines) is 1. The lowest BCUT2D eigenvalue weighted by atomic mass is 9.99. The molecular formula is C20H27N3O4. The number of unbranched alkanes of at least 4 members (excludes halogenated alkanes) is 1. The van der Waals surface area contributed by atoms with E-state index in [-0.39, 0.29) is 30.7 Å². The van der Waals surface area contributed by atoms with Crippen molar-refractivity contribution >= 4 is 17.7 Å². The molecule has 1 spiro atoms. The Morgan fingerprint density at radius 2 is 2.15 bits per heavy atom. The van der Waals surface area contributed by atoms with Gasteiger partial charge >= 0.3 is 0 Å². The molecule has 3 amide bonds. The van der Waals surface area contributed by atoms with E-state index in [1.165, 1.54) is 0 Å². The summed E-state index contributed by atoms with van der Waals surface area (Å²) in [6, 6.07) is 5.50. The van der Waals surface area contributed by atoms with Crippen LogP contribution in [-0.4, -0.2) is 48.0 Å². The average molecular weight is 373 g/mol. The molecule has 0 aromatic heterocycles. The fourth-order valence-electron chi connectivity index (χ4n) is 3.48. The smallest absolute Gasteiger partial charge is 0.258 e. The van der Waals surface area contributed by atoms with Crippen LogP contribution < -0.4 is 15.4 Å². The third-order valence-electron chi connectivity index (χ3n) is 5.09. The number of nitrogens with one attached hydrogen (secondary N) is 2. The highest BCUT2D eigenvalue weighted by Gasteiger charge is 2.42. The number of fused-ring (bicyclic) bond motifs is 1. The molecule has 2 heterocycles. The molecule has 1 aromatic rings. The van der Waals surface area contributed by atoms with Crippen molar-refractivity contribution in [1.29, 1.82) is 0 Å². The Labute approximate surface area is 159 Å². The fourth-order valence-corrected chi connectivity index (χ4v) is 3.48. The molecular weight excluding hydrogens is 346 g/mol. The minimum atomic E-state index is -0.900. The molecule has 2 N–H and O–H groups in total. The lowest BCUT2D eigenvalue weighted by Crippen LogP contribution is -2.56. The number of hydrogen-bond donors (Lipinski definition) is 2. The van der Waals surface area contributed by atoms with Gasteiger partial charge in [0.1, 0.15) is 5.75 Å². The fraction of sp³-hybridized carbons (Fsp3) is 0.550. The average Bonchev–Trinajstić information content (AvgIpc) is 2.77. The Bertz CT molecular complexity index is 749. The summed E-state index contributed by atoms with van der Waals surface area (Å²) in [4.78, 5) is 38.6. The Hall–Kier alpha value is -2.57. The van der Waals surface area contributed by atoms with E-state index < -0.39 is 5.72 Å². The Kier molecular flexibility index (Phi) is 5.68. The second-order valence-electron chi connectivity index (χ2n) is 7.32. The first-order valence-corrected chi connectivity index (χ1v) is 9.59. The van der Waals surface area contributed by atoms with Gasteiger partial charge in [-0.15, -0.1) is 0 Å². The molecule has 3 rings (SSSR count). The summed E-state index contributed by atoms with van der Waals surface area (Å²) in [7, 11) is 0. The van der Waals surface area contributed by atoms with Crippen LogP contribution in [0.2, 0.25) is 0 Å². The van der Waals surface area contributed by atoms with Crippen LogP contribution in [0.4, 0.5) is 0 Å². The van der Waals surface area contributed by atoms with Gasteiger partial charge in [0.2, 0.25) is 11.8 Å². The number of ether oxygens (including phenoxy) is 1. The predicted molar refractivity (Wildman–Crippen MR) is 100 cm³/mol. The predicted octanol–water partition coefficient (Wildman–Crippen LogP) is 1.74. The molecule has 0 aliphatic carbocycles. The maximum atomic E-state index is 12.6. The molecule has 1 atom stereocenters. The molecule has 146 valence electrons. The number of benzene rings is 1. The van der Waals surface area contributed by atoms with Crippen molar-refractivity contribution in [2.24, 2.45) is 0 Å². The van der Waals surface area contributed by atoms with Gasteiger partial charge in [0.05, 0.1) is 12.1 Å².